The summed E-state index contributed by atoms with van der Waals surface area (Å²) in [4.78, 5) is 0. The van der Waals surface area contributed by atoms with Crippen molar-refractivity contribution in [1.82, 2.24) is 10.6 Å². The summed E-state index contributed by atoms with van der Waals surface area (Å²) in [5.41, 5.74) is -3.53. The predicted octanol–water partition coefficient (Wildman–Crippen LogP) is 3.09. The fourth-order valence-corrected chi connectivity index (χ4v) is 8.34. The zero-order valence-electron chi connectivity index (χ0n) is 42.5. The van der Waals surface area contributed by atoms with Crippen LogP contribution in [0.1, 0.15) is 175 Å². The SMILES string of the molecule is C1CCC2=[N+](CC1)CCCN2.C1CCC2=[N+](CC1)CCCN2.CC1(C)O[B-]2(OC1(C)C)OC(C)(C)C(C)(C)O2.CC1(C)O[B-]2(OC1(C)C)OC(C)(C)C(C)(C)O2.OB(O)O.OB(O)O. The number of nitrogens with zero attached hydrogens (tertiary/aromatic N) is 2. The molecule has 0 bridgehead atoms. The topological polar surface area (TPSA) is 225 Å². The summed E-state index contributed by atoms with van der Waals surface area (Å²) < 4.78 is 52.9. The van der Waals surface area contributed by atoms with Crippen molar-refractivity contribution >= 4 is 40.2 Å². The first-order valence-corrected chi connectivity index (χ1v) is 23.7. The molecule has 8 N–H and O–H groups in total. The maximum absolute atomic E-state index is 7.17. The van der Waals surface area contributed by atoms with Gasteiger partial charge in [0.05, 0.1) is 39.3 Å². The molecule has 4 saturated heterocycles. The van der Waals surface area contributed by atoms with E-state index >= 15 is 0 Å². The number of amidine groups is 2. The molecule has 2 spiro atoms. The van der Waals surface area contributed by atoms with E-state index in [1.165, 1.54) is 115 Å². The highest BCUT2D eigenvalue weighted by Gasteiger charge is 2.65. The van der Waals surface area contributed by atoms with Crippen LogP contribution in [0.15, 0.2) is 0 Å². The Kier molecular flexibility index (Phi) is 19.1. The Morgan fingerprint density at radius 1 is 0.359 bits per heavy atom. The lowest BCUT2D eigenvalue weighted by atomic mass is 9.90. The molecular weight excluding hydrogens is 828 g/mol. The third-order valence-electron chi connectivity index (χ3n) is 14.6. The van der Waals surface area contributed by atoms with Gasteiger partial charge in [-0.05, 0) is 149 Å². The summed E-state index contributed by atoms with van der Waals surface area (Å²) in [5.74, 6) is 3.04. The van der Waals surface area contributed by atoms with Crippen LogP contribution < -0.4 is 10.6 Å². The van der Waals surface area contributed by atoms with E-state index in [2.05, 4.69) is 19.8 Å². The van der Waals surface area contributed by atoms with Crippen LogP contribution in [0, 0.1) is 0 Å². The number of rotatable bonds is 0. The van der Waals surface area contributed by atoms with Crippen LogP contribution in [0.25, 0.3) is 0 Å². The average Bonchev–Trinajstić information content (AvgIpc) is 3.39. The van der Waals surface area contributed by atoms with Gasteiger partial charge in [-0.3, -0.25) is 19.8 Å². The minimum absolute atomic E-state index is 0.441. The third-order valence-corrected chi connectivity index (χ3v) is 14.6. The minimum Gasteiger partial charge on any atom is -0.512 e. The largest absolute Gasteiger partial charge is 0.631 e. The first-order chi connectivity index (χ1) is 29.1. The van der Waals surface area contributed by atoms with Gasteiger partial charge in [-0.25, -0.2) is 0 Å². The molecule has 18 nitrogen and oxygen atoms in total. The Morgan fingerprint density at radius 3 is 0.781 bits per heavy atom. The second kappa shape index (κ2) is 21.5. The molecule has 8 rings (SSSR count). The van der Waals surface area contributed by atoms with E-state index in [0.717, 1.165) is 0 Å². The molecule has 8 aliphatic rings. The zero-order chi connectivity index (χ0) is 48.8. The molecule has 22 heteroatoms. The quantitative estimate of drug-likeness (QED) is 0.129. The van der Waals surface area contributed by atoms with Crippen LogP contribution in [0.4, 0.5) is 0 Å². The Morgan fingerprint density at radius 2 is 0.562 bits per heavy atom. The number of hydrogen-bond acceptors (Lipinski definition) is 16. The van der Waals surface area contributed by atoms with Gasteiger partial charge < -0.3 is 67.4 Å². The minimum atomic E-state index is -2.17. The molecular formula is C42H88B4N4O14. The lowest BCUT2D eigenvalue weighted by Gasteiger charge is -2.36. The van der Waals surface area contributed by atoms with Crippen LogP contribution in [0.5, 0.6) is 0 Å². The maximum Gasteiger partial charge on any atom is 0.631 e. The highest BCUT2D eigenvalue weighted by molar-refractivity contribution is 6.56. The normalized spacial score (nSPS) is 28.3. The van der Waals surface area contributed by atoms with Crippen molar-refractivity contribution in [2.45, 2.75) is 220 Å². The molecule has 0 aliphatic carbocycles. The number of nitrogens with one attached hydrogen (secondary N) is 2. The molecule has 0 amide bonds. The average molecular weight is 916 g/mol. The molecule has 0 aromatic heterocycles. The van der Waals surface area contributed by atoms with Gasteiger partial charge in [-0.15, -0.1) is 0 Å². The van der Waals surface area contributed by atoms with Gasteiger partial charge in [-0.1, -0.05) is 0 Å². The Balaban J connectivity index is 0.000000218. The van der Waals surface area contributed by atoms with Crippen LogP contribution in [0.2, 0.25) is 0 Å². The maximum atomic E-state index is 7.17. The first kappa shape index (κ1) is 57.0. The van der Waals surface area contributed by atoms with E-state index in [1.54, 1.807) is 0 Å². The van der Waals surface area contributed by atoms with E-state index < -0.39 is 73.4 Å². The third kappa shape index (κ3) is 14.8. The monoisotopic (exact) mass is 917 g/mol. The van der Waals surface area contributed by atoms with E-state index in [0.29, 0.717) is 0 Å². The Hall–Kier alpha value is -1.36. The van der Waals surface area contributed by atoms with Gasteiger partial charge in [0.1, 0.15) is 0 Å². The van der Waals surface area contributed by atoms with E-state index in [4.69, 9.17) is 67.4 Å². The molecule has 0 atom stereocenters. The van der Waals surface area contributed by atoms with Gasteiger partial charge in [0, 0.05) is 70.5 Å². The molecule has 372 valence electrons. The molecule has 0 unspecified atom stereocenters. The highest BCUT2D eigenvalue weighted by atomic mass is 17.0. The second-order valence-electron chi connectivity index (χ2n) is 21.9. The molecule has 0 radical (unpaired) electrons. The Labute approximate surface area is 385 Å². The van der Waals surface area contributed by atoms with Crippen molar-refractivity contribution in [3.63, 3.8) is 0 Å². The highest BCUT2D eigenvalue weighted by Crippen LogP contribution is 2.52. The van der Waals surface area contributed by atoms with Crippen LogP contribution in [-0.2, 0) is 37.2 Å². The van der Waals surface area contributed by atoms with Crippen molar-refractivity contribution in [2.75, 3.05) is 39.3 Å². The van der Waals surface area contributed by atoms with Gasteiger partial charge >= 0.3 is 28.6 Å². The van der Waals surface area contributed by atoms with Crippen molar-refractivity contribution in [1.29, 1.82) is 0 Å². The second-order valence-corrected chi connectivity index (χ2v) is 21.9. The van der Waals surface area contributed by atoms with Crippen LogP contribution in [0.3, 0.4) is 0 Å². The standard InChI is InChI=1S/2C12H24BO4.2C9H16N2.2BH3O3/c2*1-9(2)10(3,4)15-13(14-9)16-11(5,6)12(7,8)17-13;2*1-2-5-9-10-6-4-8-11(9)7-3-1;2*2-1(3)4/h2*1-8H3;2*1-8H2;2*2-4H/q2*-1;;;;/p+2. The van der Waals surface area contributed by atoms with E-state index in [1.807, 2.05) is 111 Å². The molecule has 0 aromatic rings. The summed E-state index contributed by atoms with van der Waals surface area (Å²) in [6, 6.07) is 0. The predicted molar refractivity (Wildman–Crippen MR) is 250 cm³/mol. The summed E-state index contributed by atoms with van der Waals surface area (Å²) in [7, 11) is -4.33. The zero-order valence-corrected chi connectivity index (χ0v) is 42.5. The van der Waals surface area contributed by atoms with Gasteiger partial charge in [-0.2, -0.15) is 0 Å². The molecule has 0 saturated carbocycles. The summed E-state index contributed by atoms with van der Waals surface area (Å²) >= 11 is 0. The van der Waals surface area contributed by atoms with E-state index in [-0.39, 0.29) is 0 Å². The van der Waals surface area contributed by atoms with Crippen molar-refractivity contribution in [3.05, 3.63) is 0 Å². The van der Waals surface area contributed by atoms with Crippen molar-refractivity contribution in [2.24, 2.45) is 0 Å². The summed E-state index contributed by atoms with van der Waals surface area (Å²) in [5, 5.41) is 50.0. The fourth-order valence-electron chi connectivity index (χ4n) is 8.34. The summed E-state index contributed by atoms with van der Waals surface area (Å²) in [6.45, 7) is 35.3. The summed E-state index contributed by atoms with van der Waals surface area (Å²) in [6.07, 6.45) is 13.6. The first-order valence-electron chi connectivity index (χ1n) is 23.7. The van der Waals surface area contributed by atoms with Gasteiger partial charge in [0.25, 0.3) is 0 Å². The van der Waals surface area contributed by atoms with Gasteiger partial charge in [0.2, 0.25) is 11.7 Å². The van der Waals surface area contributed by atoms with Crippen LogP contribution in [-0.4, -0.2) is 164 Å². The van der Waals surface area contributed by atoms with Crippen LogP contribution >= 0.6 is 0 Å². The smallest absolute Gasteiger partial charge is 0.512 e. The number of hydrogen-bond donors (Lipinski definition) is 8. The molecule has 8 aliphatic heterocycles. The van der Waals surface area contributed by atoms with E-state index in [9.17, 15) is 0 Å². The fraction of sp³-hybridized carbons (Fsp3) is 0.952. The van der Waals surface area contributed by atoms with Crippen molar-refractivity contribution < 1.29 is 76.5 Å². The van der Waals surface area contributed by atoms with Gasteiger partial charge in [0.15, 0.2) is 0 Å². The molecule has 64 heavy (non-hydrogen) atoms. The molecule has 0 aromatic carbocycles. The molecule has 8 heterocycles. The Bertz CT molecular complexity index is 1300. The van der Waals surface area contributed by atoms with Crippen molar-refractivity contribution in [3.8, 4) is 0 Å². The molecule has 4 fully saturated rings. The lowest BCUT2D eigenvalue weighted by Crippen LogP contribution is -2.43. The lowest BCUT2D eigenvalue weighted by molar-refractivity contribution is -0.534.